The number of hydrogen-bond donors (Lipinski definition) is 2. The van der Waals surface area contributed by atoms with Crippen molar-refractivity contribution in [2.75, 3.05) is 32.7 Å². The first-order valence-corrected chi connectivity index (χ1v) is 11.3. The lowest BCUT2D eigenvalue weighted by Crippen LogP contribution is -2.46. The zero-order chi connectivity index (χ0) is 21.5. The fraction of sp³-hybridized carbons (Fsp3) is 0.545. The number of aliphatic hydroxyl groups is 1. The Bertz CT molecular complexity index is 787. The van der Waals surface area contributed by atoms with Gasteiger partial charge in [0, 0.05) is 51.3 Å². The molecule has 2 aliphatic rings. The quantitative estimate of drug-likeness (QED) is 0.649. The third kappa shape index (κ3) is 6.45. The molecule has 30 heavy (non-hydrogen) atoms. The van der Waals surface area contributed by atoms with Gasteiger partial charge in [0.2, 0.25) is 11.8 Å². The molecule has 1 saturated carbocycles. The van der Waals surface area contributed by atoms with Gasteiger partial charge in [-0.05, 0) is 36.6 Å². The normalized spacial score (nSPS) is 23.1. The number of aliphatic hydroxyl groups excluding tert-OH is 1. The van der Waals surface area contributed by atoms with Gasteiger partial charge < -0.3 is 20.2 Å². The van der Waals surface area contributed by atoms with Crippen LogP contribution in [0.1, 0.15) is 37.7 Å². The highest BCUT2D eigenvalue weighted by Crippen LogP contribution is 2.23. The first-order valence-electron chi connectivity index (χ1n) is 10.6. The van der Waals surface area contributed by atoms with Gasteiger partial charge in [-0.1, -0.05) is 42.1 Å². The Labute approximate surface area is 187 Å². The molecule has 1 heterocycles. The summed E-state index contributed by atoms with van der Waals surface area (Å²) in [4.78, 5) is 28.5. The van der Waals surface area contributed by atoms with Gasteiger partial charge in [-0.2, -0.15) is 0 Å². The molecule has 1 aromatic carbocycles. The summed E-state index contributed by atoms with van der Waals surface area (Å²) in [6.45, 7) is 2.67. The van der Waals surface area contributed by atoms with Crippen molar-refractivity contribution in [3.63, 3.8) is 0 Å². The molecule has 8 heteroatoms. The van der Waals surface area contributed by atoms with E-state index in [0.29, 0.717) is 49.2 Å². The summed E-state index contributed by atoms with van der Waals surface area (Å²) in [5.41, 5.74) is 0.793. The Hall–Kier alpha value is -1.60. The topological polar surface area (TPSA) is 72.9 Å². The Morgan fingerprint density at radius 1 is 1.17 bits per heavy atom. The second kappa shape index (κ2) is 11.1. The average Bonchev–Trinajstić information content (AvgIpc) is 2.92. The van der Waals surface area contributed by atoms with Crippen LogP contribution in [0.2, 0.25) is 10.0 Å². The number of carbonyl (C=O) groups is 2. The maximum absolute atomic E-state index is 12.6. The summed E-state index contributed by atoms with van der Waals surface area (Å²) in [5.74, 6) is -0.0658. The van der Waals surface area contributed by atoms with Crippen LogP contribution < -0.4 is 5.32 Å². The summed E-state index contributed by atoms with van der Waals surface area (Å²) in [6.07, 6.45) is 7.25. The molecule has 0 bridgehead atoms. The molecular formula is C22H29Cl2N3O3. The van der Waals surface area contributed by atoms with Crippen LogP contribution in [0.3, 0.4) is 0 Å². The highest BCUT2D eigenvalue weighted by atomic mass is 35.5. The van der Waals surface area contributed by atoms with Crippen molar-refractivity contribution < 1.29 is 14.7 Å². The summed E-state index contributed by atoms with van der Waals surface area (Å²) < 4.78 is 0. The van der Waals surface area contributed by atoms with Gasteiger partial charge in [-0.25, -0.2) is 0 Å². The van der Waals surface area contributed by atoms with Crippen LogP contribution in [0, 0.1) is 0 Å². The van der Waals surface area contributed by atoms with E-state index in [0.717, 1.165) is 31.2 Å². The third-order valence-electron chi connectivity index (χ3n) is 5.78. The molecule has 164 valence electrons. The number of carbonyl (C=O) groups excluding carboxylic acids is 2. The maximum atomic E-state index is 12.6. The van der Waals surface area contributed by atoms with Gasteiger partial charge in [0.05, 0.1) is 16.1 Å². The van der Waals surface area contributed by atoms with Crippen LogP contribution in [-0.4, -0.2) is 71.6 Å². The van der Waals surface area contributed by atoms with Gasteiger partial charge >= 0.3 is 0 Å². The fourth-order valence-corrected chi connectivity index (χ4v) is 4.25. The van der Waals surface area contributed by atoms with Crippen LogP contribution >= 0.6 is 23.2 Å². The number of amides is 2. The standard InChI is InChI=1S/C22H29Cl2N3O3/c23-17-7-5-16(15-18(17)24)6-8-21(29)26-11-9-22(30)27(14-13-26)12-10-25-19-3-1-2-4-20(19)28/h5-8,15,19-20,25,28H,1-4,9-14H2/b8-6+/t19-,20+/m1/s1. The minimum absolute atomic E-state index is 0.0600. The maximum Gasteiger partial charge on any atom is 0.246 e. The highest BCUT2D eigenvalue weighted by molar-refractivity contribution is 6.42. The van der Waals surface area contributed by atoms with Crippen LogP contribution in [0.4, 0.5) is 0 Å². The van der Waals surface area contributed by atoms with E-state index in [1.54, 1.807) is 34.1 Å². The molecule has 2 amide bonds. The molecule has 1 aliphatic heterocycles. The zero-order valence-corrected chi connectivity index (χ0v) is 18.5. The van der Waals surface area contributed by atoms with Crippen molar-refractivity contribution in [2.45, 2.75) is 44.2 Å². The van der Waals surface area contributed by atoms with Crippen molar-refractivity contribution in [3.8, 4) is 0 Å². The largest absolute Gasteiger partial charge is 0.392 e. The van der Waals surface area contributed by atoms with Crippen LogP contribution in [0.25, 0.3) is 6.08 Å². The smallest absolute Gasteiger partial charge is 0.246 e. The van der Waals surface area contributed by atoms with Gasteiger partial charge in [0.1, 0.15) is 0 Å². The minimum Gasteiger partial charge on any atom is -0.392 e. The average molecular weight is 454 g/mol. The molecule has 1 aromatic rings. The van der Waals surface area contributed by atoms with E-state index in [1.165, 1.54) is 6.08 Å². The minimum atomic E-state index is -0.297. The monoisotopic (exact) mass is 453 g/mol. The first kappa shape index (κ1) is 23.1. The summed E-state index contributed by atoms with van der Waals surface area (Å²) in [6, 6.07) is 5.31. The van der Waals surface area contributed by atoms with Crippen LogP contribution in [0.5, 0.6) is 0 Å². The van der Waals surface area contributed by atoms with Crippen molar-refractivity contribution in [1.82, 2.24) is 15.1 Å². The van der Waals surface area contributed by atoms with Gasteiger partial charge in [-0.15, -0.1) is 0 Å². The van der Waals surface area contributed by atoms with Crippen LogP contribution in [0.15, 0.2) is 24.3 Å². The third-order valence-corrected chi connectivity index (χ3v) is 6.52. The number of rotatable bonds is 6. The van der Waals surface area contributed by atoms with E-state index >= 15 is 0 Å². The van der Waals surface area contributed by atoms with Gasteiger partial charge in [0.15, 0.2) is 0 Å². The SMILES string of the molecule is O=C(/C=C/c1ccc(Cl)c(Cl)c1)N1CCC(=O)N(CCN[C@@H]2CCCC[C@@H]2O)CC1. The molecule has 3 rings (SSSR count). The number of nitrogens with zero attached hydrogens (tertiary/aromatic N) is 2. The summed E-state index contributed by atoms with van der Waals surface area (Å²) >= 11 is 11.9. The molecular weight excluding hydrogens is 425 g/mol. The number of hydrogen-bond acceptors (Lipinski definition) is 4. The van der Waals surface area contributed by atoms with E-state index in [-0.39, 0.29) is 24.0 Å². The van der Waals surface area contributed by atoms with Gasteiger partial charge in [0.25, 0.3) is 0 Å². The number of halogens is 2. The molecule has 0 aromatic heterocycles. The lowest BCUT2D eigenvalue weighted by atomic mass is 9.93. The lowest BCUT2D eigenvalue weighted by molar-refractivity contribution is -0.130. The van der Waals surface area contributed by atoms with Crippen molar-refractivity contribution in [1.29, 1.82) is 0 Å². The zero-order valence-electron chi connectivity index (χ0n) is 17.0. The summed E-state index contributed by atoms with van der Waals surface area (Å²) in [7, 11) is 0. The molecule has 0 unspecified atom stereocenters. The number of nitrogens with one attached hydrogen (secondary N) is 1. The van der Waals surface area contributed by atoms with E-state index < -0.39 is 0 Å². The predicted molar refractivity (Wildman–Crippen MR) is 120 cm³/mol. The Balaban J connectivity index is 1.47. The molecule has 1 saturated heterocycles. The van der Waals surface area contributed by atoms with E-state index in [9.17, 15) is 14.7 Å². The Morgan fingerprint density at radius 3 is 2.73 bits per heavy atom. The number of benzene rings is 1. The Morgan fingerprint density at radius 2 is 1.97 bits per heavy atom. The van der Waals surface area contributed by atoms with E-state index in [4.69, 9.17) is 23.2 Å². The molecule has 2 atom stereocenters. The van der Waals surface area contributed by atoms with E-state index in [2.05, 4.69) is 5.32 Å². The second-order valence-corrected chi connectivity index (χ2v) is 8.69. The van der Waals surface area contributed by atoms with E-state index in [1.807, 2.05) is 0 Å². The molecule has 0 radical (unpaired) electrons. The molecule has 1 aliphatic carbocycles. The van der Waals surface area contributed by atoms with Crippen molar-refractivity contribution in [2.24, 2.45) is 0 Å². The molecule has 2 fully saturated rings. The highest BCUT2D eigenvalue weighted by Gasteiger charge is 2.25. The van der Waals surface area contributed by atoms with Crippen molar-refractivity contribution in [3.05, 3.63) is 39.9 Å². The molecule has 6 nitrogen and oxygen atoms in total. The van der Waals surface area contributed by atoms with Crippen molar-refractivity contribution >= 4 is 41.1 Å². The summed E-state index contributed by atoms with van der Waals surface area (Å²) in [5, 5.41) is 14.3. The second-order valence-electron chi connectivity index (χ2n) is 7.88. The molecule has 2 N–H and O–H groups in total. The lowest BCUT2D eigenvalue weighted by Gasteiger charge is -2.29. The van der Waals surface area contributed by atoms with Gasteiger partial charge in [-0.3, -0.25) is 9.59 Å². The Kier molecular flexibility index (Phi) is 8.57. The molecule has 0 spiro atoms. The predicted octanol–water partition coefficient (Wildman–Crippen LogP) is 2.96. The van der Waals surface area contributed by atoms with Crippen LogP contribution in [-0.2, 0) is 9.59 Å². The fourth-order valence-electron chi connectivity index (χ4n) is 3.95. The first-order chi connectivity index (χ1) is 14.4.